The molecule has 1 fully saturated rings. The first-order valence-electron chi connectivity index (χ1n) is 9.67. The van der Waals surface area contributed by atoms with Crippen LogP contribution in [0, 0.1) is 0 Å². The lowest BCUT2D eigenvalue weighted by molar-refractivity contribution is -0.277. The van der Waals surface area contributed by atoms with Gasteiger partial charge >= 0.3 is 0 Å². The Kier molecular flexibility index (Phi) is 5.75. The van der Waals surface area contributed by atoms with Crippen molar-refractivity contribution >= 4 is 6.08 Å². The minimum atomic E-state index is -1.64. The second-order valence-corrected chi connectivity index (χ2v) is 7.54. The number of rotatable bonds is 4. The van der Waals surface area contributed by atoms with Gasteiger partial charge in [0.2, 0.25) is 6.29 Å². The zero-order valence-electron chi connectivity index (χ0n) is 16.5. The topological polar surface area (TPSA) is 193 Å². The van der Waals surface area contributed by atoms with E-state index in [2.05, 4.69) is 4.74 Å². The number of fused-ring (bicyclic) bond motifs is 1. The van der Waals surface area contributed by atoms with Crippen molar-refractivity contribution in [2.24, 2.45) is 0 Å². The average molecular weight is 451 g/mol. The summed E-state index contributed by atoms with van der Waals surface area (Å²) in [5.74, 6) is -1.03. The molecule has 6 atom stereocenters. The third-order valence-corrected chi connectivity index (χ3v) is 5.37. The van der Waals surface area contributed by atoms with Gasteiger partial charge in [-0.2, -0.15) is 0 Å². The summed E-state index contributed by atoms with van der Waals surface area (Å²) in [7, 11) is 0. The molecule has 0 radical (unpaired) electrons. The number of phenols is 3. The first-order valence-corrected chi connectivity index (χ1v) is 9.67. The molecule has 172 valence electrons. The quantitative estimate of drug-likeness (QED) is 0.229. The third kappa shape index (κ3) is 3.87. The highest BCUT2D eigenvalue weighted by Crippen LogP contribution is 2.45. The average Bonchev–Trinajstić information content (AvgIpc) is 2.76. The van der Waals surface area contributed by atoms with Crippen molar-refractivity contribution in [1.29, 1.82) is 0 Å². The maximum absolute atomic E-state index is 10.4. The van der Waals surface area contributed by atoms with Crippen LogP contribution in [0.25, 0.3) is 6.08 Å². The van der Waals surface area contributed by atoms with E-state index in [0.29, 0.717) is 5.56 Å². The number of benzene rings is 2. The highest BCUT2D eigenvalue weighted by Gasteiger charge is 2.45. The van der Waals surface area contributed by atoms with Gasteiger partial charge in [-0.05, 0) is 18.2 Å². The molecule has 4 rings (SSSR count). The van der Waals surface area contributed by atoms with E-state index >= 15 is 0 Å². The number of hydrogen-bond acceptors (Lipinski definition) is 10. The highest BCUT2D eigenvalue weighted by molar-refractivity contribution is 5.69. The minimum absolute atomic E-state index is 0.00331. The third-order valence-electron chi connectivity index (χ3n) is 5.37. The lowest BCUT2D eigenvalue weighted by atomic mass is 9.99. The zero-order valence-corrected chi connectivity index (χ0v) is 16.5. The molecular weight excluding hydrogens is 428 g/mol. The van der Waals surface area contributed by atoms with E-state index in [1.807, 2.05) is 0 Å². The van der Waals surface area contributed by atoms with Gasteiger partial charge in [-0.15, -0.1) is 0 Å². The molecule has 1 saturated heterocycles. The van der Waals surface area contributed by atoms with Crippen LogP contribution in [0.4, 0.5) is 0 Å². The first-order chi connectivity index (χ1) is 15.2. The molecule has 32 heavy (non-hydrogen) atoms. The van der Waals surface area contributed by atoms with Crippen LogP contribution in [0.5, 0.6) is 28.7 Å². The molecule has 2 aromatic carbocycles. The van der Waals surface area contributed by atoms with Gasteiger partial charge in [-0.3, -0.25) is 0 Å². The summed E-state index contributed by atoms with van der Waals surface area (Å²) in [5, 5.41) is 79.2. The fourth-order valence-electron chi connectivity index (χ4n) is 3.61. The Morgan fingerprint density at radius 1 is 0.875 bits per heavy atom. The van der Waals surface area contributed by atoms with Gasteiger partial charge in [0, 0.05) is 12.1 Å². The summed E-state index contributed by atoms with van der Waals surface area (Å²) in [4.78, 5) is 0. The molecule has 2 aliphatic rings. The maximum Gasteiger partial charge on any atom is 0.270 e. The number of aromatic hydroxyl groups is 4. The van der Waals surface area contributed by atoms with Crippen LogP contribution in [0.3, 0.4) is 0 Å². The Morgan fingerprint density at radius 3 is 2.31 bits per heavy atom. The molecule has 0 amide bonds. The Balaban J connectivity index is 1.61. The van der Waals surface area contributed by atoms with Crippen molar-refractivity contribution in [3.63, 3.8) is 0 Å². The number of aliphatic hydroxyl groups excluding tert-OH is 5. The SMILES string of the molecule is OCC1OC(Oc2cc(O)c3c(c2)[OH+]C(c2ccc(O)c(O)c2)C(O)=C3)C(O)C(O)C1O. The van der Waals surface area contributed by atoms with Gasteiger partial charge in [0.05, 0.1) is 18.2 Å². The van der Waals surface area contributed by atoms with Crippen LogP contribution in [-0.2, 0) is 4.74 Å². The van der Waals surface area contributed by atoms with Gasteiger partial charge in [-0.1, -0.05) is 0 Å². The number of aliphatic hydroxyl groups is 6. The molecule has 2 heterocycles. The molecule has 0 aliphatic carbocycles. The van der Waals surface area contributed by atoms with E-state index in [0.717, 1.165) is 0 Å². The lowest BCUT2D eigenvalue weighted by Gasteiger charge is -2.39. The van der Waals surface area contributed by atoms with Gasteiger partial charge < -0.3 is 55.1 Å². The highest BCUT2D eigenvalue weighted by atomic mass is 16.7. The molecule has 11 nitrogen and oxygen atoms in total. The number of hydrogen-bond donors (Lipinski definition) is 8. The second-order valence-electron chi connectivity index (χ2n) is 7.54. The van der Waals surface area contributed by atoms with Crippen molar-refractivity contribution in [2.45, 2.75) is 36.8 Å². The fraction of sp³-hybridized carbons (Fsp3) is 0.333. The molecular formula is C21H23O11+. The van der Waals surface area contributed by atoms with Gasteiger partial charge in [0.25, 0.3) is 11.9 Å². The predicted molar refractivity (Wildman–Crippen MR) is 107 cm³/mol. The van der Waals surface area contributed by atoms with E-state index in [1.54, 1.807) is 0 Å². The predicted octanol–water partition coefficient (Wildman–Crippen LogP) is -0.123. The molecule has 6 unspecified atom stereocenters. The van der Waals surface area contributed by atoms with E-state index in [9.17, 15) is 40.9 Å². The van der Waals surface area contributed by atoms with Gasteiger partial charge in [0.15, 0.2) is 17.3 Å². The van der Waals surface area contributed by atoms with E-state index in [1.165, 1.54) is 36.4 Å². The first kappa shape index (κ1) is 22.0. The van der Waals surface area contributed by atoms with Crippen LogP contribution in [0.1, 0.15) is 17.2 Å². The monoisotopic (exact) mass is 451 g/mol. The summed E-state index contributed by atoms with van der Waals surface area (Å²) in [5.41, 5.74) is 0.572. The van der Waals surface area contributed by atoms with Gasteiger partial charge in [0.1, 0.15) is 41.5 Å². The molecule has 0 aromatic heterocycles. The summed E-state index contributed by atoms with van der Waals surface area (Å²) in [6, 6.07) is 6.54. The van der Waals surface area contributed by atoms with E-state index in [-0.39, 0.29) is 40.1 Å². The Labute approximate surface area is 181 Å². The van der Waals surface area contributed by atoms with Crippen LogP contribution in [0.2, 0.25) is 0 Å². The summed E-state index contributed by atoms with van der Waals surface area (Å²) < 4.78 is 15.2. The number of ether oxygens (including phenoxy) is 3. The van der Waals surface area contributed by atoms with Crippen molar-refractivity contribution < 1.29 is 55.1 Å². The normalized spacial score (nSPS) is 29.6. The second kappa shape index (κ2) is 8.37. The van der Waals surface area contributed by atoms with Crippen LogP contribution < -0.4 is 4.74 Å². The summed E-state index contributed by atoms with van der Waals surface area (Å²) in [6.45, 7) is -0.624. The smallest absolute Gasteiger partial charge is 0.270 e. The molecule has 11 heteroatoms. The maximum atomic E-state index is 10.4. The van der Waals surface area contributed by atoms with Crippen LogP contribution in [-0.4, -0.2) is 82.9 Å². The fourth-order valence-corrected chi connectivity index (χ4v) is 3.61. The Hall–Kier alpha value is -3.22. The minimum Gasteiger partial charge on any atom is -0.571 e. The largest absolute Gasteiger partial charge is 0.571 e. The molecule has 0 saturated carbocycles. The van der Waals surface area contributed by atoms with Crippen molar-refractivity contribution in [3.05, 3.63) is 47.2 Å². The standard InChI is InChI=1S/C21H22O11/c22-7-16-17(27)18(28)19(29)21(32-16)30-9-4-12(24)10-6-14(26)20(31-15(10)5-9)8-1-2-11(23)13(25)3-8/h1-6,16-29H,7H2/p+1. The molecule has 2 aromatic rings. The Morgan fingerprint density at radius 2 is 1.62 bits per heavy atom. The van der Waals surface area contributed by atoms with Crippen molar-refractivity contribution in [2.75, 3.05) is 6.61 Å². The summed E-state index contributed by atoms with van der Waals surface area (Å²) >= 11 is 0. The zero-order chi connectivity index (χ0) is 23.2. The van der Waals surface area contributed by atoms with Crippen molar-refractivity contribution in [1.82, 2.24) is 0 Å². The molecule has 2 aliphatic heterocycles. The summed E-state index contributed by atoms with van der Waals surface area (Å²) in [6.07, 6.45) is -7.08. The molecule has 9 N–H and O–H groups in total. The number of phenolic OH excluding ortho intramolecular Hbond substituents is 3. The van der Waals surface area contributed by atoms with Crippen LogP contribution in [0.15, 0.2) is 36.1 Å². The molecule has 0 bridgehead atoms. The lowest BCUT2D eigenvalue weighted by Crippen LogP contribution is -2.60. The van der Waals surface area contributed by atoms with Crippen LogP contribution >= 0.6 is 0 Å². The van der Waals surface area contributed by atoms with Crippen molar-refractivity contribution in [3.8, 4) is 28.7 Å². The molecule has 0 spiro atoms. The van der Waals surface area contributed by atoms with Gasteiger partial charge in [-0.25, -0.2) is 0 Å². The van der Waals surface area contributed by atoms with E-state index < -0.39 is 43.4 Å². The Bertz CT molecular complexity index is 1030. The van der Waals surface area contributed by atoms with E-state index in [4.69, 9.17) is 9.47 Å².